The van der Waals surface area contributed by atoms with Crippen molar-refractivity contribution in [1.29, 1.82) is 0 Å². The number of sulfonamides is 1. The van der Waals surface area contributed by atoms with Crippen LogP contribution in [-0.2, 0) is 23.0 Å². The summed E-state index contributed by atoms with van der Waals surface area (Å²) in [5.41, 5.74) is 3.09. The summed E-state index contributed by atoms with van der Waals surface area (Å²) in [6.45, 7) is 3.05. The van der Waals surface area contributed by atoms with Crippen molar-refractivity contribution in [2.75, 3.05) is 18.5 Å². The van der Waals surface area contributed by atoms with Crippen molar-refractivity contribution in [2.45, 2.75) is 24.1 Å². The highest BCUT2D eigenvalue weighted by Crippen LogP contribution is 2.31. The van der Waals surface area contributed by atoms with Gasteiger partial charge in [-0.05, 0) is 64.9 Å². The highest BCUT2D eigenvalue weighted by Gasteiger charge is 2.29. The number of hydrogen-bond acceptors (Lipinski definition) is 5. The maximum atomic E-state index is 13.4. The Morgan fingerprint density at radius 2 is 1.91 bits per heavy atom. The van der Waals surface area contributed by atoms with Gasteiger partial charge < -0.3 is 10.1 Å². The maximum Gasteiger partial charge on any atom is 0.260 e. The molecule has 1 N–H and O–H groups in total. The standard InChI is InChI=1S/C26H24N2O4S2/c1-2-32-23-12-10-19-6-3-4-7-22(19)25(23)26(29)27-21-11-9-18-13-14-28(17-20(18)16-21)34(30,31)24-8-5-15-33-24/h3-12,15-16H,2,13-14,17H2,1H3,(H,27,29). The van der Waals surface area contributed by atoms with Crippen LogP contribution in [0.2, 0.25) is 0 Å². The van der Waals surface area contributed by atoms with Gasteiger partial charge in [0.15, 0.2) is 0 Å². The van der Waals surface area contributed by atoms with Crippen LogP contribution in [0, 0.1) is 0 Å². The van der Waals surface area contributed by atoms with E-state index in [0.717, 1.165) is 21.9 Å². The normalized spacial score (nSPS) is 14.0. The zero-order valence-corrected chi connectivity index (χ0v) is 20.3. The van der Waals surface area contributed by atoms with Crippen LogP contribution >= 0.6 is 11.3 Å². The van der Waals surface area contributed by atoms with E-state index in [4.69, 9.17) is 4.74 Å². The molecular formula is C26H24N2O4S2. The van der Waals surface area contributed by atoms with Gasteiger partial charge in [0, 0.05) is 18.8 Å². The van der Waals surface area contributed by atoms with E-state index in [1.807, 2.05) is 61.5 Å². The Morgan fingerprint density at radius 1 is 1.06 bits per heavy atom. The van der Waals surface area contributed by atoms with E-state index in [-0.39, 0.29) is 12.5 Å². The molecule has 0 aliphatic carbocycles. The van der Waals surface area contributed by atoms with Gasteiger partial charge in [-0.25, -0.2) is 8.42 Å². The number of thiophene rings is 1. The van der Waals surface area contributed by atoms with E-state index >= 15 is 0 Å². The number of fused-ring (bicyclic) bond motifs is 2. The van der Waals surface area contributed by atoms with Crippen LogP contribution in [0.15, 0.2) is 76.3 Å². The first-order valence-electron chi connectivity index (χ1n) is 11.1. The molecule has 0 radical (unpaired) electrons. The van der Waals surface area contributed by atoms with E-state index in [1.54, 1.807) is 17.5 Å². The number of amides is 1. The monoisotopic (exact) mass is 492 g/mol. The van der Waals surface area contributed by atoms with Gasteiger partial charge in [-0.1, -0.05) is 42.5 Å². The summed E-state index contributed by atoms with van der Waals surface area (Å²) in [5, 5.41) is 6.53. The topological polar surface area (TPSA) is 75.7 Å². The SMILES string of the molecule is CCOc1ccc2ccccc2c1C(=O)Nc1ccc2c(c1)CN(S(=O)(=O)c1cccs1)CC2. The summed E-state index contributed by atoms with van der Waals surface area (Å²) in [5.74, 6) is 0.268. The van der Waals surface area contributed by atoms with Crippen molar-refractivity contribution in [1.82, 2.24) is 4.31 Å². The highest BCUT2D eigenvalue weighted by atomic mass is 32.2. The van der Waals surface area contributed by atoms with Crippen molar-refractivity contribution in [2.24, 2.45) is 0 Å². The second-order valence-corrected chi connectivity index (χ2v) is 11.2. The first-order chi connectivity index (χ1) is 16.5. The molecule has 8 heteroatoms. The summed E-state index contributed by atoms with van der Waals surface area (Å²) in [4.78, 5) is 13.4. The van der Waals surface area contributed by atoms with Crippen LogP contribution in [0.25, 0.3) is 10.8 Å². The second-order valence-electron chi connectivity index (χ2n) is 8.05. The smallest absolute Gasteiger partial charge is 0.260 e. The number of nitrogens with zero attached hydrogens (tertiary/aromatic N) is 1. The molecule has 174 valence electrons. The largest absolute Gasteiger partial charge is 0.493 e. The predicted molar refractivity (Wildman–Crippen MR) is 135 cm³/mol. The van der Waals surface area contributed by atoms with Gasteiger partial charge in [-0.3, -0.25) is 4.79 Å². The molecule has 0 spiro atoms. The van der Waals surface area contributed by atoms with E-state index in [9.17, 15) is 13.2 Å². The van der Waals surface area contributed by atoms with Gasteiger partial charge in [-0.15, -0.1) is 11.3 Å². The molecule has 0 saturated heterocycles. The van der Waals surface area contributed by atoms with E-state index in [1.165, 1.54) is 15.6 Å². The molecule has 0 atom stereocenters. The number of rotatable bonds is 6. The molecule has 34 heavy (non-hydrogen) atoms. The number of hydrogen-bond donors (Lipinski definition) is 1. The fraction of sp³-hybridized carbons (Fsp3) is 0.192. The molecule has 5 rings (SSSR count). The Balaban J connectivity index is 1.43. The fourth-order valence-electron chi connectivity index (χ4n) is 4.31. The lowest BCUT2D eigenvalue weighted by atomic mass is 10.00. The minimum absolute atomic E-state index is 0.265. The van der Waals surface area contributed by atoms with Gasteiger partial charge in [0.2, 0.25) is 0 Å². The summed E-state index contributed by atoms with van der Waals surface area (Å²) in [6.07, 6.45) is 0.631. The van der Waals surface area contributed by atoms with Crippen molar-refractivity contribution >= 4 is 43.7 Å². The molecule has 1 aromatic heterocycles. The third-order valence-corrected chi connectivity index (χ3v) is 9.17. The van der Waals surface area contributed by atoms with Gasteiger partial charge in [-0.2, -0.15) is 4.31 Å². The zero-order valence-electron chi connectivity index (χ0n) is 18.7. The molecule has 1 aliphatic heterocycles. The van der Waals surface area contributed by atoms with Crippen molar-refractivity contribution in [3.63, 3.8) is 0 Å². The van der Waals surface area contributed by atoms with E-state index < -0.39 is 10.0 Å². The minimum atomic E-state index is -3.53. The van der Waals surface area contributed by atoms with Crippen molar-refractivity contribution in [3.8, 4) is 5.75 Å². The molecule has 3 aromatic carbocycles. The number of anilines is 1. The Kier molecular flexibility index (Phi) is 6.12. The molecule has 1 amide bonds. The average Bonchev–Trinajstić information content (AvgIpc) is 3.39. The molecule has 0 saturated carbocycles. The molecule has 4 aromatic rings. The lowest BCUT2D eigenvalue weighted by Gasteiger charge is -2.28. The summed E-state index contributed by atoms with van der Waals surface area (Å²) in [7, 11) is -3.53. The number of ether oxygens (including phenoxy) is 1. The van der Waals surface area contributed by atoms with Crippen molar-refractivity contribution in [3.05, 3.63) is 88.8 Å². The van der Waals surface area contributed by atoms with E-state index in [2.05, 4.69) is 5.32 Å². The van der Waals surface area contributed by atoms with Crippen molar-refractivity contribution < 1.29 is 17.9 Å². The van der Waals surface area contributed by atoms with Crippen LogP contribution in [0.5, 0.6) is 5.75 Å². The number of nitrogens with one attached hydrogen (secondary N) is 1. The Morgan fingerprint density at radius 3 is 2.71 bits per heavy atom. The Bertz CT molecular complexity index is 1460. The molecule has 1 aliphatic rings. The Hall–Kier alpha value is -3.20. The molecule has 0 unspecified atom stereocenters. The van der Waals surface area contributed by atoms with Gasteiger partial charge in [0.05, 0.1) is 12.2 Å². The van der Waals surface area contributed by atoms with Crippen LogP contribution in [-0.4, -0.2) is 31.8 Å². The third-order valence-electron chi connectivity index (χ3n) is 5.95. The van der Waals surface area contributed by atoms with E-state index in [0.29, 0.717) is 40.8 Å². The van der Waals surface area contributed by atoms with Crippen LogP contribution in [0.3, 0.4) is 0 Å². The van der Waals surface area contributed by atoms with Gasteiger partial charge in [0.25, 0.3) is 15.9 Å². The van der Waals surface area contributed by atoms with Gasteiger partial charge >= 0.3 is 0 Å². The molecular weight excluding hydrogens is 468 g/mol. The molecule has 2 heterocycles. The first kappa shape index (κ1) is 22.6. The van der Waals surface area contributed by atoms with Crippen LogP contribution in [0.4, 0.5) is 5.69 Å². The molecule has 6 nitrogen and oxygen atoms in total. The summed E-state index contributed by atoms with van der Waals surface area (Å²) >= 11 is 1.22. The lowest BCUT2D eigenvalue weighted by molar-refractivity contribution is 0.102. The molecule has 0 fully saturated rings. The number of benzene rings is 3. The highest BCUT2D eigenvalue weighted by molar-refractivity contribution is 7.91. The maximum absolute atomic E-state index is 13.4. The average molecular weight is 493 g/mol. The minimum Gasteiger partial charge on any atom is -0.493 e. The summed E-state index contributed by atoms with van der Waals surface area (Å²) < 4.78 is 33.6. The number of carbonyl (C=O) groups is 1. The lowest BCUT2D eigenvalue weighted by Crippen LogP contribution is -2.35. The first-order valence-corrected chi connectivity index (χ1v) is 13.4. The van der Waals surface area contributed by atoms with Crippen LogP contribution < -0.4 is 10.1 Å². The quantitative estimate of drug-likeness (QED) is 0.396. The van der Waals surface area contributed by atoms with Crippen LogP contribution in [0.1, 0.15) is 28.4 Å². The third kappa shape index (κ3) is 4.20. The summed E-state index contributed by atoms with van der Waals surface area (Å²) in [6, 6.07) is 20.5. The second kappa shape index (κ2) is 9.21. The number of carbonyl (C=O) groups excluding carboxylic acids is 1. The predicted octanol–water partition coefficient (Wildman–Crippen LogP) is 5.30. The zero-order chi connectivity index (χ0) is 23.7. The van der Waals surface area contributed by atoms with Gasteiger partial charge in [0.1, 0.15) is 9.96 Å². The Labute approximate surface area is 202 Å². The molecule has 0 bridgehead atoms. The fourth-order valence-corrected chi connectivity index (χ4v) is 6.87.